The minimum Gasteiger partial charge on any atom is -0.508 e. The Balaban J connectivity index is 2.38. The summed E-state index contributed by atoms with van der Waals surface area (Å²) in [5.74, 6) is 0.121. The molecule has 0 saturated heterocycles. The van der Waals surface area contributed by atoms with E-state index in [9.17, 15) is 9.90 Å². The van der Waals surface area contributed by atoms with E-state index < -0.39 is 0 Å². The summed E-state index contributed by atoms with van der Waals surface area (Å²) in [7, 11) is 0. The molecule has 2 aromatic rings. The van der Waals surface area contributed by atoms with Crippen molar-refractivity contribution in [3.05, 3.63) is 29.5 Å². The van der Waals surface area contributed by atoms with Crippen molar-refractivity contribution >= 4 is 16.8 Å². The summed E-state index contributed by atoms with van der Waals surface area (Å²) >= 11 is 0. The maximum absolute atomic E-state index is 11.7. The number of phenols is 1. The third-order valence-corrected chi connectivity index (χ3v) is 2.75. The number of rotatable bonds is 0. The summed E-state index contributed by atoms with van der Waals surface area (Å²) in [6.07, 6.45) is 0.816. The number of benzene rings is 1. The van der Waals surface area contributed by atoms with Gasteiger partial charge in [0.1, 0.15) is 5.75 Å². The van der Waals surface area contributed by atoms with E-state index in [0.717, 1.165) is 23.0 Å². The van der Waals surface area contributed by atoms with E-state index in [0.29, 0.717) is 12.1 Å². The lowest BCUT2D eigenvalue weighted by atomic mass is 10.1. The van der Waals surface area contributed by atoms with Crippen LogP contribution in [-0.4, -0.2) is 22.5 Å². The van der Waals surface area contributed by atoms with Gasteiger partial charge in [0, 0.05) is 29.6 Å². The first-order valence-electron chi connectivity index (χ1n) is 4.87. The zero-order valence-electron chi connectivity index (χ0n) is 8.00. The lowest BCUT2D eigenvalue weighted by Gasteiger charge is -2.11. The lowest BCUT2D eigenvalue weighted by molar-refractivity contribution is 0.0947. The van der Waals surface area contributed by atoms with Gasteiger partial charge in [0.15, 0.2) is 0 Å². The average Bonchev–Trinajstić information content (AvgIpc) is 2.57. The van der Waals surface area contributed by atoms with Crippen LogP contribution in [0, 0.1) is 0 Å². The van der Waals surface area contributed by atoms with E-state index in [4.69, 9.17) is 0 Å². The third-order valence-electron chi connectivity index (χ3n) is 2.75. The van der Waals surface area contributed by atoms with E-state index >= 15 is 0 Å². The fourth-order valence-corrected chi connectivity index (χ4v) is 2.07. The van der Waals surface area contributed by atoms with Crippen LogP contribution in [0.25, 0.3) is 10.9 Å². The first-order valence-corrected chi connectivity index (χ1v) is 4.87. The SMILES string of the molecule is O=C1NCCc2[nH]c3ccc(O)cc3c21. The molecule has 0 saturated carbocycles. The summed E-state index contributed by atoms with van der Waals surface area (Å²) in [6, 6.07) is 5.02. The van der Waals surface area contributed by atoms with Crippen LogP contribution in [0.1, 0.15) is 16.1 Å². The van der Waals surface area contributed by atoms with Crippen LogP contribution in [0.2, 0.25) is 0 Å². The number of H-pyrrole nitrogens is 1. The standard InChI is InChI=1S/C11H10N2O2/c14-6-1-2-8-7(5-6)10-9(13-8)3-4-12-11(10)15/h1-2,5,13-14H,3-4H2,(H,12,15). The molecule has 76 valence electrons. The smallest absolute Gasteiger partial charge is 0.253 e. The molecule has 3 rings (SSSR count). The molecule has 0 bridgehead atoms. The number of aromatic amines is 1. The average molecular weight is 202 g/mol. The van der Waals surface area contributed by atoms with Crippen molar-refractivity contribution in [1.29, 1.82) is 0 Å². The van der Waals surface area contributed by atoms with E-state index in [1.807, 2.05) is 0 Å². The summed E-state index contributed by atoms with van der Waals surface area (Å²) < 4.78 is 0. The number of aromatic nitrogens is 1. The zero-order valence-corrected chi connectivity index (χ0v) is 8.00. The summed E-state index contributed by atoms with van der Waals surface area (Å²) in [5.41, 5.74) is 2.53. The van der Waals surface area contributed by atoms with E-state index in [1.54, 1.807) is 18.2 Å². The second-order valence-corrected chi connectivity index (χ2v) is 3.71. The topological polar surface area (TPSA) is 65.1 Å². The zero-order chi connectivity index (χ0) is 10.4. The van der Waals surface area contributed by atoms with Gasteiger partial charge in [-0.05, 0) is 18.2 Å². The van der Waals surface area contributed by atoms with Gasteiger partial charge in [-0.1, -0.05) is 0 Å². The Morgan fingerprint density at radius 1 is 1.33 bits per heavy atom. The largest absolute Gasteiger partial charge is 0.508 e. The number of carbonyl (C=O) groups is 1. The van der Waals surface area contributed by atoms with Crippen LogP contribution < -0.4 is 5.32 Å². The predicted molar refractivity (Wildman–Crippen MR) is 56.0 cm³/mol. The van der Waals surface area contributed by atoms with Gasteiger partial charge in [-0.2, -0.15) is 0 Å². The maximum Gasteiger partial charge on any atom is 0.253 e. The van der Waals surface area contributed by atoms with Gasteiger partial charge in [0.05, 0.1) is 5.56 Å². The second kappa shape index (κ2) is 2.76. The molecule has 1 amide bonds. The first-order chi connectivity index (χ1) is 7.25. The highest BCUT2D eigenvalue weighted by Crippen LogP contribution is 2.27. The summed E-state index contributed by atoms with van der Waals surface area (Å²) in [6.45, 7) is 0.671. The Hall–Kier alpha value is -1.97. The molecule has 1 aliphatic heterocycles. The molecule has 1 aromatic heterocycles. The van der Waals surface area contributed by atoms with Crippen molar-refractivity contribution in [2.45, 2.75) is 6.42 Å². The number of carbonyl (C=O) groups excluding carboxylic acids is 1. The Labute approximate surface area is 85.9 Å². The fourth-order valence-electron chi connectivity index (χ4n) is 2.07. The molecular weight excluding hydrogens is 192 g/mol. The normalized spacial score (nSPS) is 15.1. The molecule has 0 atom stereocenters. The van der Waals surface area contributed by atoms with Gasteiger partial charge in [0.2, 0.25) is 0 Å². The van der Waals surface area contributed by atoms with Gasteiger partial charge < -0.3 is 15.4 Å². The minimum absolute atomic E-state index is 0.0619. The van der Waals surface area contributed by atoms with Crippen LogP contribution in [0.15, 0.2) is 18.2 Å². The van der Waals surface area contributed by atoms with Crippen molar-refractivity contribution in [2.75, 3.05) is 6.54 Å². The molecule has 0 radical (unpaired) electrons. The van der Waals surface area contributed by atoms with Crippen LogP contribution >= 0.6 is 0 Å². The van der Waals surface area contributed by atoms with Crippen LogP contribution in [0.5, 0.6) is 5.75 Å². The van der Waals surface area contributed by atoms with E-state index in [2.05, 4.69) is 10.3 Å². The summed E-state index contributed by atoms with van der Waals surface area (Å²) in [5, 5.41) is 13.0. The number of phenolic OH excluding ortho intramolecular Hbond substituents is 1. The van der Waals surface area contributed by atoms with Gasteiger partial charge >= 0.3 is 0 Å². The van der Waals surface area contributed by atoms with Gasteiger partial charge in [-0.3, -0.25) is 4.79 Å². The number of aromatic hydroxyl groups is 1. The van der Waals surface area contributed by atoms with E-state index in [-0.39, 0.29) is 11.7 Å². The molecule has 0 unspecified atom stereocenters. The highest BCUT2D eigenvalue weighted by Gasteiger charge is 2.21. The number of fused-ring (bicyclic) bond motifs is 3. The molecule has 2 heterocycles. The highest BCUT2D eigenvalue weighted by molar-refractivity contribution is 6.09. The molecule has 15 heavy (non-hydrogen) atoms. The van der Waals surface area contributed by atoms with Gasteiger partial charge in [-0.15, -0.1) is 0 Å². The monoisotopic (exact) mass is 202 g/mol. The first kappa shape index (κ1) is 8.35. The molecule has 3 N–H and O–H groups in total. The molecular formula is C11H10N2O2. The predicted octanol–water partition coefficient (Wildman–Crippen LogP) is 1.16. The number of hydrogen-bond acceptors (Lipinski definition) is 2. The number of amides is 1. The summed E-state index contributed by atoms with van der Waals surface area (Å²) in [4.78, 5) is 14.9. The molecule has 4 nitrogen and oxygen atoms in total. The van der Waals surface area contributed by atoms with Crippen LogP contribution in [0.4, 0.5) is 0 Å². The highest BCUT2D eigenvalue weighted by atomic mass is 16.3. The third kappa shape index (κ3) is 1.11. The number of hydrogen-bond donors (Lipinski definition) is 3. The van der Waals surface area contributed by atoms with Gasteiger partial charge in [0.25, 0.3) is 5.91 Å². The Morgan fingerprint density at radius 2 is 2.20 bits per heavy atom. The molecule has 1 aromatic carbocycles. The second-order valence-electron chi connectivity index (χ2n) is 3.71. The minimum atomic E-state index is -0.0619. The lowest BCUT2D eigenvalue weighted by Crippen LogP contribution is -2.31. The number of nitrogens with one attached hydrogen (secondary N) is 2. The molecule has 0 fully saturated rings. The Morgan fingerprint density at radius 3 is 3.07 bits per heavy atom. The van der Waals surface area contributed by atoms with Crippen molar-refractivity contribution in [1.82, 2.24) is 10.3 Å². The molecule has 0 spiro atoms. The Kier molecular flexibility index (Phi) is 1.54. The van der Waals surface area contributed by atoms with Crippen LogP contribution in [0.3, 0.4) is 0 Å². The van der Waals surface area contributed by atoms with Crippen LogP contribution in [-0.2, 0) is 6.42 Å². The van der Waals surface area contributed by atoms with Crippen molar-refractivity contribution in [3.63, 3.8) is 0 Å². The van der Waals surface area contributed by atoms with Crippen molar-refractivity contribution in [3.8, 4) is 5.75 Å². The van der Waals surface area contributed by atoms with E-state index in [1.165, 1.54) is 0 Å². The van der Waals surface area contributed by atoms with Gasteiger partial charge in [-0.25, -0.2) is 0 Å². The fraction of sp³-hybridized carbons (Fsp3) is 0.182. The quantitative estimate of drug-likeness (QED) is 0.600. The maximum atomic E-state index is 11.7. The molecule has 1 aliphatic rings. The van der Waals surface area contributed by atoms with Crippen molar-refractivity contribution in [2.24, 2.45) is 0 Å². The van der Waals surface area contributed by atoms with Crippen molar-refractivity contribution < 1.29 is 9.90 Å². The molecule has 0 aliphatic carbocycles. The Bertz CT molecular complexity index is 557. The molecule has 4 heteroatoms.